The summed E-state index contributed by atoms with van der Waals surface area (Å²) >= 11 is 0. The summed E-state index contributed by atoms with van der Waals surface area (Å²) in [6.07, 6.45) is 4.51. The number of Topliss-reactive ketones (excluding diaryl/α,β-unsaturated/α-hetero) is 1. The molecule has 1 saturated carbocycles. The van der Waals surface area contributed by atoms with Crippen LogP contribution in [-0.4, -0.2) is 18.5 Å². The third-order valence-corrected chi connectivity index (χ3v) is 3.32. The molecule has 0 saturated heterocycles. The van der Waals surface area contributed by atoms with E-state index in [0.717, 1.165) is 24.8 Å². The van der Waals surface area contributed by atoms with Crippen molar-refractivity contribution in [2.45, 2.75) is 51.6 Å². The maximum Gasteiger partial charge on any atom is 0.168 e. The monoisotopic (exact) mass is 210 g/mol. The largest absolute Gasteiger partial charge is 0.370 e. The number of hydrogen-bond acceptors (Lipinski definition) is 2. The normalized spacial score (nSPS) is 31.3. The van der Waals surface area contributed by atoms with Gasteiger partial charge in [0.1, 0.15) is 5.60 Å². The lowest BCUT2D eigenvalue weighted by atomic mass is 9.75. The first-order chi connectivity index (χ1) is 7.00. The predicted molar refractivity (Wildman–Crippen MR) is 61.8 cm³/mol. The van der Waals surface area contributed by atoms with Gasteiger partial charge in [0.25, 0.3) is 0 Å². The number of hydrogen-bond donors (Lipinski definition) is 0. The standard InChI is InChI=1S/C13H22O2/c1-10(2)8-12(14)13(15-4)7-5-6-11(3)9-13/h11H,1,5-9H2,2-4H3. The van der Waals surface area contributed by atoms with Crippen LogP contribution in [0.4, 0.5) is 0 Å². The summed E-state index contributed by atoms with van der Waals surface area (Å²) < 4.78 is 5.52. The third kappa shape index (κ3) is 2.91. The van der Waals surface area contributed by atoms with E-state index in [2.05, 4.69) is 13.5 Å². The Bertz CT molecular complexity index is 257. The van der Waals surface area contributed by atoms with E-state index in [0.29, 0.717) is 12.3 Å². The van der Waals surface area contributed by atoms with Gasteiger partial charge in [-0.15, -0.1) is 0 Å². The quantitative estimate of drug-likeness (QED) is 0.666. The number of carbonyl (C=O) groups is 1. The summed E-state index contributed by atoms with van der Waals surface area (Å²) in [7, 11) is 1.66. The summed E-state index contributed by atoms with van der Waals surface area (Å²) in [5, 5.41) is 0. The molecule has 0 N–H and O–H groups in total. The van der Waals surface area contributed by atoms with Crippen LogP contribution >= 0.6 is 0 Å². The SMILES string of the molecule is C=C(C)CC(=O)C1(OC)CCCC(C)C1. The second kappa shape index (κ2) is 4.93. The molecule has 2 atom stereocenters. The van der Waals surface area contributed by atoms with E-state index >= 15 is 0 Å². The van der Waals surface area contributed by atoms with Crippen LogP contribution in [0, 0.1) is 5.92 Å². The molecule has 1 rings (SSSR count). The first-order valence-corrected chi connectivity index (χ1v) is 5.73. The number of carbonyl (C=O) groups excluding carboxylic acids is 1. The van der Waals surface area contributed by atoms with Gasteiger partial charge < -0.3 is 4.74 Å². The molecule has 0 aromatic carbocycles. The van der Waals surface area contributed by atoms with E-state index in [1.54, 1.807) is 7.11 Å². The molecule has 2 heteroatoms. The van der Waals surface area contributed by atoms with Gasteiger partial charge in [-0.05, 0) is 32.1 Å². The lowest BCUT2D eigenvalue weighted by molar-refractivity contribution is -0.146. The molecule has 2 nitrogen and oxygen atoms in total. The van der Waals surface area contributed by atoms with Crippen molar-refractivity contribution in [3.8, 4) is 0 Å². The number of methoxy groups -OCH3 is 1. The van der Waals surface area contributed by atoms with Gasteiger partial charge in [0.15, 0.2) is 5.78 Å². The van der Waals surface area contributed by atoms with Crippen LogP contribution in [0.15, 0.2) is 12.2 Å². The number of rotatable bonds is 4. The average molecular weight is 210 g/mol. The van der Waals surface area contributed by atoms with Gasteiger partial charge in [-0.1, -0.05) is 25.5 Å². The number of ether oxygens (including phenoxy) is 1. The molecule has 1 aliphatic rings. The Hall–Kier alpha value is -0.630. The van der Waals surface area contributed by atoms with Crippen LogP contribution in [0.2, 0.25) is 0 Å². The van der Waals surface area contributed by atoms with Crippen LogP contribution < -0.4 is 0 Å². The molecule has 0 aromatic heterocycles. The Morgan fingerprint density at radius 2 is 2.27 bits per heavy atom. The first kappa shape index (κ1) is 12.4. The van der Waals surface area contributed by atoms with E-state index in [4.69, 9.17) is 4.74 Å². The van der Waals surface area contributed by atoms with Crippen molar-refractivity contribution in [1.82, 2.24) is 0 Å². The molecule has 0 radical (unpaired) electrons. The molecule has 1 aliphatic carbocycles. The van der Waals surface area contributed by atoms with Gasteiger partial charge in [0, 0.05) is 13.5 Å². The highest BCUT2D eigenvalue weighted by Crippen LogP contribution is 2.36. The molecule has 0 aliphatic heterocycles. The van der Waals surface area contributed by atoms with Crippen molar-refractivity contribution in [2.24, 2.45) is 5.92 Å². The Balaban J connectivity index is 2.74. The first-order valence-electron chi connectivity index (χ1n) is 5.73. The molecule has 15 heavy (non-hydrogen) atoms. The van der Waals surface area contributed by atoms with Gasteiger partial charge in [0.05, 0.1) is 0 Å². The molecular weight excluding hydrogens is 188 g/mol. The van der Waals surface area contributed by atoms with Crippen molar-refractivity contribution in [1.29, 1.82) is 0 Å². The molecule has 86 valence electrons. The topological polar surface area (TPSA) is 26.3 Å². The summed E-state index contributed by atoms with van der Waals surface area (Å²) in [5.41, 5.74) is 0.408. The molecule has 0 heterocycles. The summed E-state index contributed by atoms with van der Waals surface area (Å²) in [4.78, 5) is 12.1. The average Bonchev–Trinajstić information content (AvgIpc) is 2.16. The van der Waals surface area contributed by atoms with Crippen molar-refractivity contribution in [3.05, 3.63) is 12.2 Å². The zero-order valence-electron chi connectivity index (χ0n) is 10.1. The van der Waals surface area contributed by atoms with Crippen LogP contribution in [0.3, 0.4) is 0 Å². The van der Waals surface area contributed by atoms with Crippen LogP contribution in [0.5, 0.6) is 0 Å². The Morgan fingerprint density at radius 3 is 2.73 bits per heavy atom. The maximum absolute atomic E-state index is 12.1. The van der Waals surface area contributed by atoms with E-state index in [9.17, 15) is 4.79 Å². The van der Waals surface area contributed by atoms with E-state index in [1.807, 2.05) is 6.92 Å². The molecule has 1 fully saturated rings. The fourth-order valence-corrected chi connectivity index (χ4v) is 2.49. The fourth-order valence-electron chi connectivity index (χ4n) is 2.49. The minimum absolute atomic E-state index is 0.212. The van der Waals surface area contributed by atoms with Gasteiger partial charge in [-0.25, -0.2) is 0 Å². The zero-order chi connectivity index (χ0) is 11.5. The maximum atomic E-state index is 12.1. The van der Waals surface area contributed by atoms with Crippen LogP contribution in [0.25, 0.3) is 0 Å². The van der Waals surface area contributed by atoms with E-state index < -0.39 is 5.60 Å². The van der Waals surface area contributed by atoms with Crippen molar-refractivity contribution < 1.29 is 9.53 Å². The third-order valence-electron chi connectivity index (χ3n) is 3.32. The van der Waals surface area contributed by atoms with Crippen molar-refractivity contribution in [2.75, 3.05) is 7.11 Å². The number of ketones is 1. The highest BCUT2D eigenvalue weighted by Gasteiger charge is 2.41. The van der Waals surface area contributed by atoms with Gasteiger partial charge in [0.2, 0.25) is 0 Å². The van der Waals surface area contributed by atoms with E-state index in [1.165, 1.54) is 6.42 Å². The fraction of sp³-hybridized carbons (Fsp3) is 0.769. The van der Waals surface area contributed by atoms with Gasteiger partial charge in [-0.2, -0.15) is 0 Å². The molecule has 0 amide bonds. The van der Waals surface area contributed by atoms with Crippen molar-refractivity contribution in [3.63, 3.8) is 0 Å². The second-order valence-electron chi connectivity index (χ2n) is 4.96. The Labute approximate surface area is 92.7 Å². The predicted octanol–water partition coefficient (Wildman–Crippen LogP) is 3.12. The van der Waals surface area contributed by atoms with Crippen molar-refractivity contribution >= 4 is 5.78 Å². The molecular formula is C13H22O2. The number of allylic oxidation sites excluding steroid dienone is 1. The lowest BCUT2D eigenvalue weighted by Crippen LogP contribution is -2.44. The summed E-state index contributed by atoms with van der Waals surface area (Å²) in [6, 6.07) is 0. The van der Waals surface area contributed by atoms with E-state index in [-0.39, 0.29) is 5.78 Å². The second-order valence-corrected chi connectivity index (χ2v) is 4.96. The zero-order valence-corrected chi connectivity index (χ0v) is 10.1. The minimum Gasteiger partial charge on any atom is -0.370 e. The minimum atomic E-state index is -0.517. The van der Waals surface area contributed by atoms with Gasteiger partial charge >= 0.3 is 0 Å². The lowest BCUT2D eigenvalue weighted by Gasteiger charge is -2.37. The summed E-state index contributed by atoms with van der Waals surface area (Å²) in [6.45, 7) is 7.89. The molecule has 0 bridgehead atoms. The highest BCUT2D eigenvalue weighted by molar-refractivity contribution is 5.89. The van der Waals surface area contributed by atoms with Gasteiger partial charge in [-0.3, -0.25) is 4.79 Å². The Morgan fingerprint density at radius 1 is 1.60 bits per heavy atom. The smallest absolute Gasteiger partial charge is 0.168 e. The molecule has 0 spiro atoms. The Kier molecular flexibility index (Phi) is 4.09. The highest BCUT2D eigenvalue weighted by atomic mass is 16.5. The molecule has 0 aromatic rings. The summed E-state index contributed by atoms with van der Waals surface area (Å²) in [5.74, 6) is 0.803. The molecule has 2 unspecified atom stereocenters. The van der Waals surface area contributed by atoms with Crippen LogP contribution in [0.1, 0.15) is 46.0 Å². The van der Waals surface area contributed by atoms with Crippen LogP contribution in [-0.2, 0) is 9.53 Å².